The Labute approximate surface area is 74.1 Å². The number of rotatable bonds is 5. The van der Waals surface area contributed by atoms with Gasteiger partial charge in [-0.1, -0.05) is 19.9 Å². The third-order valence-electron chi connectivity index (χ3n) is 1.44. The molecule has 0 fully saturated rings. The van der Waals surface area contributed by atoms with Gasteiger partial charge in [0.05, 0.1) is 5.57 Å². The molecule has 0 aromatic rings. The van der Waals surface area contributed by atoms with Crippen LogP contribution in [-0.2, 0) is 0 Å². The number of nitrogens with zero attached hydrogens (tertiary/aromatic N) is 1. The second-order valence-corrected chi connectivity index (χ2v) is 2.58. The molecule has 0 saturated carbocycles. The maximum absolute atomic E-state index is 5.62. The summed E-state index contributed by atoms with van der Waals surface area (Å²) in [5.41, 5.74) is 6.37. The van der Waals surface area contributed by atoms with Gasteiger partial charge < -0.3 is 5.73 Å². The van der Waals surface area contributed by atoms with Crippen LogP contribution in [0.2, 0.25) is 0 Å². The molecule has 12 heavy (non-hydrogen) atoms. The second kappa shape index (κ2) is 6.58. The Hall–Kier alpha value is -1.12. The lowest BCUT2D eigenvalue weighted by Gasteiger charge is -1.96. The average molecular weight is 168 g/mol. The lowest BCUT2D eigenvalue weighted by Crippen LogP contribution is -2.63. The summed E-state index contributed by atoms with van der Waals surface area (Å²) in [6.45, 7) is 6.67. The van der Waals surface area contributed by atoms with Crippen molar-refractivity contribution in [1.29, 1.82) is 0 Å². The van der Waals surface area contributed by atoms with Crippen molar-refractivity contribution in [2.45, 2.75) is 19.8 Å². The Bertz CT molecular complexity index is 192. The summed E-state index contributed by atoms with van der Waals surface area (Å²) in [6.07, 6.45) is 3.96. The molecule has 0 aliphatic carbocycles. The topological polar surface area (TPSA) is 52.4 Å². The molecule has 0 heterocycles. The molecule has 3 nitrogen and oxygen atoms in total. The van der Waals surface area contributed by atoms with E-state index >= 15 is 0 Å². The van der Waals surface area contributed by atoms with Gasteiger partial charge in [-0.3, -0.25) is 9.98 Å². The first-order chi connectivity index (χ1) is 5.72. The minimum atomic E-state index is 0.526. The van der Waals surface area contributed by atoms with Crippen LogP contribution >= 0.6 is 0 Å². The second-order valence-electron chi connectivity index (χ2n) is 2.58. The summed E-state index contributed by atoms with van der Waals surface area (Å²) < 4.78 is 0. The maximum atomic E-state index is 5.62. The Kier molecular flexibility index (Phi) is 5.97. The van der Waals surface area contributed by atoms with E-state index < -0.39 is 0 Å². The van der Waals surface area contributed by atoms with Gasteiger partial charge in [0.2, 0.25) is 0 Å². The van der Waals surface area contributed by atoms with Crippen molar-refractivity contribution in [3.63, 3.8) is 0 Å². The molecule has 0 rings (SSSR count). The molecule has 0 bridgehead atoms. The van der Waals surface area contributed by atoms with Crippen LogP contribution in [0.5, 0.6) is 0 Å². The van der Waals surface area contributed by atoms with E-state index in [-0.39, 0.29) is 0 Å². The molecule has 0 amide bonds. The highest BCUT2D eigenvalue weighted by molar-refractivity contribution is 6.12. The van der Waals surface area contributed by atoms with Crippen LogP contribution in [0.25, 0.3) is 0 Å². The lowest BCUT2D eigenvalue weighted by molar-refractivity contribution is -0.413. The summed E-state index contributed by atoms with van der Waals surface area (Å²) in [4.78, 5) is 7.01. The molecule has 68 valence electrons. The van der Waals surface area contributed by atoms with Gasteiger partial charge in [-0.2, -0.15) is 0 Å². The Morgan fingerprint density at radius 2 is 2.33 bits per heavy atom. The van der Waals surface area contributed by atoms with E-state index in [1.54, 1.807) is 6.21 Å². The third-order valence-corrected chi connectivity index (χ3v) is 1.44. The fourth-order valence-electron chi connectivity index (χ4n) is 0.707. The highest BCUT2D eigenvalue weighted by Gasteiger charge is 1.96. The molecule has 0 radical (unpaired) electrons. The first-order valence-corrected chi connectivity index (χ1v) is 4.22. The zero-order valence-corrected chi connectivity index (χ0v) is 7.93. The van der Waals surface area contributed by atoms with E-state index in [2.05, 4.69) is 23.5 Å². The Balaban J connectivity index is 3.91. The van der Waals surface area contributed by atoms with Crippen LogP contribution in [0.15, 0.2) is 17.1 Å². The maximum Gasteiger partial charge on any atom is 0.171 e. The fourth-order valence-corrected chi connectivity index (χ4v) is 0.707. The van der Waals surface area contributed by atoms with Gasteiger partial charge in [-0.25, -0.2) is 0 Å². The molecular formula is C9H18N3+. The number of nitrogens with two attached hydrogens (primary N) is 1. The van der Waals surface area contributed by atoms with Gasteiger partial charge >= 0.3 is 0 Å². The molecule has 0 aromatic heterocycles. The summed E-state index contributed by atoms with van der Waals surface area (Å²) in [6, 6.07) is 0. The fraction of sp³-hybridized carbons (Fsp3) is 0.556. The van der Waals surface area contributed by atoms with Crippen LogP contribution in [0.3, 0.4) is 0 Å². The molecule has 0 unspecified atom stereocenters. The van der Waals surface area contributed by atoms with E-state index in [9.17, 15) is 0 Å². The van der Waals surface area contributed by atoms with Crippen LogP contribution in [0.4, 0.5) is 0 Å². The van der Waals surface area contributed by atoms with Crippen LogP contribution in [0, 0.1) is 0 Å². The molecular weight excluding hydrogens is 150 g/mol. The van der Waals surface area contributed by atoms with Gasteiger partial charge in [0.25, 0.3) is 0 Å². The zero-order valence-electron chi connectivity index (χ0n) is 7.93. The van der Waals surface area contributed by atoms with Crippen LogP contribution in [-0.4, -0.2) is 25.6 Å². The smallest absolute Gasteiger partial charge is 0.171 e. The molecule has 3 N–H and O–H groups in total. The van der Waals surface area contributed by atoms with Crippen LogP contribution in [0.1, 0.15) is 19.8 Å². The van der Waals surface area contributed by atoms with Gasteiger partial charge in [0.1, 0.15) is 12.9 Å². The predicted octanol–water partition coefficient (Wildman–Crippen LogP) is -0.519. The normalized spacial score (nSPS) is 12.3. The molecule has 0 aliphatic rings. The number of hydrogen-bond acceptors (Lipinski definition) is 1. The number of aliphatic imine (C=N–C) groups is 1. The largest absolute Gasteiger partial charge is 0.383 e. The minimum absolute atomic E-state index is 0.526. The Morgan fingerprint density at radius 1 is 1.67 bits per heavy atom. The predicted molar refractivity (Wildman–Crippen MR) is 53.5 cm³/mol. The Morgan fingerprint density at radius 3 is 2.83 bits per heavy atom. The quantitative estimate of drug-likeness (QED) is 0.324. The summed E-state index contributed by atoms with van der Waals surface area (Å²) in [5, 5.41) is 0. The molecule has 0 aliphatic heterocycles. The van der Waals surface area contributed by atoms with Crippen molar-refractivity contribution in [2.24, 2.45) is 10.7 Å². The van der Waals surface area contributed by atoms with Gasteiger partial charge in [0, 0.05) is 6.54 Å². The molecule has 0 spiro atoms. The SMILES string of the molecule is C=C(C=[NH+]C)C(N)=NCCCC. The number of nitrogens with one attached hydrogen (secondary N) is 1. The highest BCUT2D eigenvalue weighted by Crippen LogP contribution is 1.89. The van der Waals surface area contributed by atoms with Gasteiger partial charge in [-0.05, 0) is 6.42 Å². The van der Waals surface area contributed by atoms with Crippen molar-refractivity contribution < 1.29 is 4.99 Å². The monoisotopic (exact) mass is 168 g/mol. The van der Waals surface area contributed by atoms with Crippen molar-refractivity contribution in [2.75, 3.05) is 13.6 Å². The number of amidine groups is 1. The van der Waals surface area contributed by atoms with E-state index in [4.69, 9.17) is 5.73 Å². The van der Waals surface area contributed by atoms with Gasteiger partial charge in [0.15, 0.2) is 6.21 Å². The lowest BCUT2D eigenvalue weighted by atomic mass is 10.3. The first-order valence-electron chi connectivity index (χ1n) is 4.22. The van der Waals surface area contributed by atoms with Crippen molar-refractivity contribution in [3.8, 4) is 0 Å². The van der Waals surface area contributed by atoms with E-state index in [0.717, 1.165) is 25.0 Å². The van der Waals surface area contributed by atoms with Crippen molar-refractivity contribution >= 4 is 12.1 Å². The molecule has 0 atom stereocenters. The van der Waals surface area contributed by atoms with E-state index in [0.29, 0.717) is 5.84 Å². The molecule has 3 heteroatoms. The molecule has 0 saturated heterocycles. The molecule has 0 aromatic carbocycles. The van der Waals surface area contributed by atoms with E-state index in [1.165, 1.54) is 0 Å². The summed E-state index contributed by atoms with van der Waals surface area (Å²) in [5.74, 6) is 0.526. The summed E-state index contributed by atoms with van der Waals surface area (Å²) >= 11 is 0. The summed E-state index contributed by atoms with van der Waals surface area (Å²) in [7, 11) is 1.81. The van der Waals surface area contributed by atoms with Crippen molar-refractivity contribution in [1.82, 2.24) is 0 Å². The van der Waals surface area contributed by atoms with Crippen LogP contribution < -0.4 is 10.7 Å². The third kappa shape index (κ3) is 4.66. The zero-order chi connectivity index (χ0) is 9.40. The van der Waals surface area contributed by atoms with Crippen molar-refractivity contribution in [3.05, 3.63) is 12.2 Å². The number of hydrogen-bond donors (Lipinski definition) is 2. The standard InChI is InChI=1S/C9H17N3/c1-4-5-6-12-9(10)8(2)7-11-3/h7H,2,4-6H2,1,3H3,(H2,10,12)/p+1. The number of unbranched alkanes of at least 4 members (excludes halogenated alkanes) is 1. The highest BCUT2D eigenvalue weighted by atomic mass is 14.9. The average Bonchev–Trinajstić information content (AvgIpc) is 2.05. The van der Waals surface area contributed by atoms with Gasteiger partial charge in [-0.15, -0.1) is 0 Å². The minimum Gasteiger partial charge on any atom is -0.383 e. The van der Waals surface area contributed by atoms with E-state index in [1.807, 2.05) is 7.05 Å². The first kappa shape index (κ1) is 10.9.